The first kappa shape index (κ1) is 14.6. The zero-order chi connectivity index (χ0) is 14.7. The van der Waals surface area contributed by atoms with Crippen LogP contribution in [0.2, 0.25) is 0 Å². The van der Waals surface area contributed by atoms with Gasteiger partial charge in [-0.05, 0) is 56.4 Å². The van der Waals surface area contributed by atoms with Crippen LogP contribution in [0.5, 0.6) is 0 Å². The molecule has 2 rings (SSSR count). The van der Waals surface area contributed by atoms with Crippen LogP contribution in [0.1, 0.15) is 37.8 Å². The molecular weight excluding hydrogens is 250 g/mol. The van der Waals surface area contributed by atoms with Gasteiger partial charge in [-0.25, -0.2) is 4.79 Å². The molecule has 0 bridgehead atoms. The molecule has 0 saturated carbocycles. The van der Waals surface area contributed by atoms with Gasteiger partial charge in [0.1, 0.15) is 0 Å². The maximum Gasteiger partial charge on any atom is 0.328 e. The molecule has 3 heteroatoms. The van der Waals surface area contributed by atoms with Crippen molar-refractivity contribution in [3.8, 4) is 0 Å². The normalized spacial score (nSPS) is 23.2. The van der Waals surface area contributed by atoms with E-state index in [1.807, 2.05) is 6.92 Å². The van der Waals surface area contributed by atoms with Crippen LogP contribution in [0, 0.1) is 12.8 Å². The number of hydrogen-bond acceptors (Lipinski definition) is 2. The fraction of sp³-hybridized carbons (Fsp3) is 0.471. The predicted octanol–water partition coefficient (Wildman–Crippen LogP) is 3.72. The number of piperidine rings is 1. The number of hydrogen-bond donors (Lipinski definition) is 1. The summed E-state index contributed by atoms with van der Waals surface area (Å²) in [6.45, 7) is 7.62. The third-order valence-corrected chi connectivity index (χ3v) is 4.27. The van der Waals surface area contributed by atoms with Crippen LogP contribution in [-0.2, 0) is 4.79 Å². The molecule has 1 fully saturated rings. The Morgan fingerprint density at radius 3 is 2.85 bits per heavy atom. The molecule has 0 aromatic heterocycles. The molecule has 1 saturated heterocycles. The molecule has 0 spiro atoms. The molecule has 0 amide bonds. The highest BCUT2D eigenvalue weighted by molar-refractivity contribution is 5.87. The van der Waals surface area contributed by atoms with Crippen LogP contribution in [-0.4, -0.2) is 23.7 Å². The van der Waals surface area contributed by atoms with Crippen molar-refractivity contribution >= 4 is 17.7 Å². The van der Waals surface area contributed by atoms with E-state index in [4.69, 9.17) is 5.11 Å². The average Bonchev–Trinajstić information content (AvgIpc) is 2.40. The molecule has 108 valence electrons. The van der Waals surface area contributed by atoms with E-state index in [1.165, 1.54) is 18.9 Å². The lowest BCUT2D eigenvalue weighted by Crippen LogP contribution is -2.42. The summed E-state index contributed by atoms with van der Waals surface area (Å²) in [4.78, 5) is 13.2. The second-order valence-corrected chi connectivity index (χ2v) is 5.79. The number of anilines is 1. The topological polar surface area (TPSA) is 40.5 Å². The standard InChI is InChI=1S/C17H23NO2/c1-12-6-8-16(15(11-12)7-9-17(19)20)18-10-4-5-13(2)14(18)3/h6-9,11,13-14H,4-5,10H2,1-3H3,(H,19,20)/b9-7+. The van der Waals surface area contributed by atoms with E-state index in [1.54, 1.807) is 6.08 Å². The zero-order valence-electron chi connectivity index (χ0n) is 12.5. The van der Waals surface area contributed by atoms with Crippen molar-refractivity contribution < 1.29 is 9.90 Å². The third-order valence-electron chi connectivity index (χ3n) is 4.27. The number of rotatable bonds is 3. The summed E-state index contributed by atoms with van der Waals surface area (Å²) in [7, 11) is 0. The van der Waals surface area contributed by atoms with Gasteiger partial charge in [0.05, 0.1) is 0 Å². The van der Waals surface area contributed by atoms with Crippen molar-refractivity contribution in [1.82, 2.24) is 0 Å². The molecule has 1 N–H and O–H groups in total. The first-order chi connectivity index (χ1) is 9.49. The van der Waals surface area contributed by atoms with Gasteiger partial charge in [0.15, 0.2) is 0 Å². The largest absolute Gasteiger partial charge is 0.478 e. The highest BCUT2D eigenvalue weighted by Gasteiger charge is 2.25. The van der Waals surface area contributed by atoms with Gasteiger partial charge in [-0.2, -0.15) is 0 Å². The SMILES string of the molecule is Cc1ccc(N2CCCC(C)C2C)c(/C=C/C(=O)O)c1. The van der Waals surface area contributed by atoms with Gasteiger partial charge in [-0.3, -0.25) is 0 Å². The number of carboxylic acids is 1. The lowest BCUT2D eigenvalue weighted by atomic mass is 9.91. The molecule has 1 aromatic rings. The van der Waals surface area contributed by atoms with Crippen molar-refractivity contribution in [2.45, 2.75) is 39.7 Å². The first-order valence-electron chi connectivity index (χ1n) is 7.27. The first-order valence-corrected chi connectivity index (χ1v) is 7.27. The zero-order valence-corrected chi connectivity index (χ0v) is 12.5. The number of nitrogens with zero attached hydrogens (tertiary/aromatic N) is 1. The van der Waals surface area contributed by atoms with Crippen LogP contribution >= 0.6 is 0 Å². The van der Waals surface area contributed by atoms with Gasteiger partial charge in [-0.1, -0.05) is 18.6 Å². The molecule has 2 unspecified atom stereocenters. The second-order valence-electron chi connectivity index (χ2n) is 5.79. The monoisotopic (exact) mass is 273 g/mol. The number of benzene rings is 1. The van der Waals surface area contributed by atoms with Gasteiger partial charge in [0, 0.05) is 24.4 Å². The summed E-state index contributed by atoms with van der Waals surface area (Å²) in [5.74, 6) is -0.237. The molecule has 1 aromatic carbocycles. The van der Waals surface area contributed by atoms with E-state index in [0.29, 0.717) is 12.0 Å². The molecule has 1 aliphatic heterocycles. The van der Waals surface area contributed by atoms with E-state index in [9.17, 15) is 4.79 Å². The summed E-state index contributed by atoms with van der Waals surface area (Å²) in [5.41, 5.74) is 3.29. The maximum absolute atomic E-state index is 10.8. The van der Waals surface area contributed by atoms with Crippen molar-refractivity contribution in [1.29, 1.82) is 0 Å². The Morgan fingerprint density at radius 1 is 1.40 bits per heavy atom. The number of carboxylic acid groups (broad SMARTS) is 1. The summed E-state index contributed by atoms with van der Waals surface area (Å²) < 4.78 is 0. The smallest absolute Gasteiger partial charge is 0.328 e. The summed E-state index contributed by atoms with van der Waals surface area (Å²) in [6, 6.07) is 6.76. The molecule has 0 radical (unpaired) electrons. The van der Waals surface area contributed by atoms with Crippen molar-refractivity contribution in [3.05, 3.63) is 35.4 Å². The maximum atomic E-state index is 10.8. The summed E-state index contributed by atoms with van der Waals surface area (Å²) in [6.07, 6.45) is 5.39. The van der Waals surface area contributed by atoms with E-state index in [0.717, 1.165) is 23.4 Å². The Kier molecular flexibility index (Phi) is 4.48. The van der Waals surface area contributed by atoms with Crippen molar-refractivity contribution in [2.75, 3.05) is 11.4 Å². The molecule has 20 heavy (non-hydrogen) atoms. The fourth-order valence-corrected chi connectivity index (χ4v) is 2.91. The highest BCUT2D eigenvalue weighted by atomic mass is 16.4. The summed E-state index contributed by atoms with van der Waals surface area (Å²) in [5, 5.41) is 8.84. The lowest BCUT2D eigenvalue weighted by Gasteiger charge is -2.40. The van der Waals surface area contributed by atoms with Crippen LogP contribution < -0.4 is 4.90 Å². The molecule has 1 aliphatic rings. The molecule has 1 heterocycles. The minimum Gasteiger partial charge on any atom is -0.478 e. The Morgan fingerprint density at radius 2 is 2.15 bits per heavy atom. The van der Waals surface area contributed by atoms with Crippen LogP contribution in [0.4, 0.5) is 5.69 Å². The second kappa shape index (κ2) is 6.12. The number of aryl methyl sites for hydroxylation is 1. The van der Waals surface area contributed by atoms with E-state index in [-0.39, 0.29) is 0 Å². The Bertz CT molecular complexity index is 522. The van der Waals surface area contributed by atoms with Gasteiger partial charge in [0.25, 0.3) is 0 Å². The predicted molar refractivity (Wildman–Crippen MR) is 83.1 cm³/mol. The molecule has 0 aliphatic carbocycles. The average molecular weight is 273 g/mol. The summed E-state index contributed by atoms with van der Waals surface area (Å²) >= 11 is 0. The van der Waals surface area contributed by atoms with Crippen molar-refractivity contribution in [3.63, 3.8) is 0 Å². The van der Waals surface area contributed by atoms with E-state index >= 15 is 0 Å². The minimum absolute atomic E-state index is 0.489. The van der Waals surface area contributed by atoms with E-state index < -0.39 is 5.97 Å². The van der Waals surface area contributed by atoms with Gasteiger partial charge >= 0.3 is 5.97 Å². The fourth-order valence-electron chi connectivity index (χ4n) is 2.91. The van der Waals surface area contributed by atoms with Crippen LogP contribution in [0.15, 0.2) is 24.3 Å². The van der Waals surface area contributed by atoms with Gasteiger partial charge < -0.3 is 10.0 Å². The molecular formula is C17H23NO2. The third kappa shape index (κ3) is 3.21. The molecule has 2 atom stereocenters. The van der Waals surface area contributed by atoms with Crippen LogP contribution in [0.25, 0.3) is 6.08 Å². The Labute approximate surface area is 120 Å². The molecule has 3 nitrogen and oxygen atoms in total. The van der Waals surface area contributed by atoms with Gasteiger partial charge in [-0.15, -0.1) is 0 Å². The highest BCUT2D eigenvalue weighted by Crippen LogP contribution is 2.32. The van der Waals surface area contributed by atoms with Gasteiger partial charge in [0.2, 0.25) is 0 Å². The Hall–Kier alpha value is -1.77. The lowest BCUT2D eigenvalue weighted by molar-refractivity contribution is -0.131. The Balaban J connectivity index is 2.37. The van der Waals surface area contributed by atoms with Crippen molar-refractivity contribution in [2.24, 2.45) is 5.92 Å². The van der Waals surface area contributed by atoms with E-state index in [2.05, 4.69) is 36.9 Å². The quantitative estimate of drug-likeness (QED) is 0.853. The van der Waals surface area contributed by atoms with Crippen LogP contribution in [0.3, 0.4) is 0 Å². The number of carbonyl (C=O) groups is 1. The number of aliphatic carboxylic acids is 1. The minimum atomic E-state index is -0.905.